The van der Waals surface area contributed by atoms with Gasteiger partial charge in [-0.3, -0.25) is 5.10 Å². The van der Waals surface area contributed by atoms with Gasteiger partial charge < -0.3 is 5.73 Å². The van der Waals surface area contributed by atoms with E-state index < -0.39 is 0 Å². The summed E-state index contributed by atoms with van der Waals surface area (Å²) >= 11 is 0. The van der Waals surface area contributed by atoms with Crippen molar-refractivity contribution in [2.24, 2.45) is 5.92 Å². The fourth-order valence-corrected chi connectivity index (χ4v) is 2.82. The zero-order valence-electron chi connectivity index (χ0n) is 10.6. The number of H-pyrrole nitrogens is 1. The molecule has 0 amide bonds. The van der Waals surface area contributed by atoms with Gasteiger partial charge in [0.2, 0.25) is 0 Å². The van der Waals surface area contributed by atoms with E-state index in [1.165, 1.54) is 50.6 Å². The minimum atomic E-state index is 0. The van der Waals surface area contributed by atoms with E-state index in [0.29, 0.717) is 11.7 Å². The number of aromatic nitrogens is 2. The summed E-state index contributed by atoms with van der Waals surface area (Å²) < 4.78 is 0. The molecule has 1 saturated carbocycles. The lowest BCUT2D eigenvalue weighted by Crippen LogP contribution is -2.13. The number of halogens is 1. The number of aromatic amines is 1. The summed E-state index contributed by atoms with van der Waals surface area (Å²) in [6.45, 7) is 2.28. The smallest absolute Gasteiger partial charge is 0.145 e. The lowest BCUT2D eigenvalue weighted by molar-refractivity contribution is 0.301. The van der Waals surface area contributed by atoms with Gasteiger partial charge in [0.25, 0.3) is 0 Å². The van der Waals surface area contributed by atoms with E-state index in [4.69, 9.17) is 5.73 Å². The molecule has 1 aliphatic rings. The third-order valence-corrected chi connectivity index (χ3v) is 3.87. The molecule has 0 spiro atoms. The van der Waals surface area contributed by atoms with Gasteiger partial charge in [0.05, 0.1) is 0 Å². The first kappa shape index (κ1) is 14.4. The molecule has 0 bridgehead atoms. The van der Waals surface area contributed by atoms with Gasteiger partial charge in [0.15, 0.2) is 0 Å². The predicted molar refractivity (Wildman–Crippen MR) is 74.5 cm³/mol. The molecule has 2 rings (SSSR count). The van der Waals surface area contributed by atoms with Crippen LogP contribution in [0.3, 0.4) is 0 Å². The number of nitrogens with zero attached hydrogens (tertiary/aromatic N) is 1. The topological polar surface area (TPSA) is 54.7 Å². The Hall–Kier alpha value is -0.700. The number of rotatable bonds is 4. The highest BCUT2D eigenvalue weighted by Crippen LogP contribution is 2.37. The molecule has 1 heterocycles. The van der Waals surface area contributed by atoms with Crippen molar-refractivity contribution >= 4 is 18.2 Å². The van der Waals surface area contributed by atoms with Gasteiger partial charge in [-0.15, -0.1) is 12.4 Å². The van der Waals surface area contributed by atoms with E-state index in [0.717, 1.165) is 5.92 Å². The third kappa shape index (κ3) is 3.91. The second kappa shape index (κ2) is 6.90. The van der Waals surface area contributed by atoms with Crippen LogP contribution in [0.2, 0.25) is 0 Å². The van der Waals surface area contributed by atoms with Crippen molar-refractivity contribution in [3.05, 3.63) is 11.8 Å². The molecule has 0 aliphatic heterocycles. The SMILES string of the molecule is CCCCC1CCC(c2cc(N)n[nH]2)CC1.Cl. The number of nitrogens with one attached hydrogen (secondary N) is 1. The Bertz CT molecular complexity index is 316. The molecule has 0 aromatic carbocycles. The minimum Gasteiger partial charge on any atom is -0.382 e. The van der Waals surface area contributed by atoms with Crippen molar-refractivity contribution in [2.75, 3.05) is 5.73 Å². The fraction of sp³-hybridized carbons (Fsp3) is 0.769. The van der Waals surface area contributed by atoms with Crippen molar-refractivity contribution in [2.45, 2.75) is 57.8 Å². The van der Waals surface area contributed by atoms with Gasteiger partial charge in [-0.25, -0.2) is 0 Å². The highest BCUT2D eigenvalue weighted by atomic mass is 35.5. The van der Waals surface area contributed by atoms with Crippen LogP contribution in [-0.4, -0.2) is 10.2 Å². The predicted octanol–water partition coefficient (Wildman–Crippen LogP) is 3.88. The molecule has 1 aromatic rings. The van der Waals surface area contributed by atoms with Gasteiger partial charge in [-0.1, -0.05) is 26.2 Å². The molecule has 0 unspecified atom stereocenters. The monoisotopic (exact) mass is 257 g/mol. The number of nitrogen functional groups attached to an aromatic ring is 1. The summed E-state index contributed by atoms with van der Waals surface area (Å²) in [5.41, 5.74) is 6.88. The standard InChI is InChI=1S/C13H23N3.ClH/c1-2-3-4-10-5-7-11(8-6-10)12-9-13(14)16-15-12;/h9-11H,2-8H2,1H3,(H3,14,15,16);1H. The molecule has 3 N–H and O–H groups in total. The van der Waals surface area contributed by atoms with Gasteiger partial charge in [-0.05, 0) is 31.6 Å². The molecule has 17 heavy (non-hydrogen) atoms. The Morgan fingerprint density at radius 2 is 2.06 bits per heavy atom. The Balaban J connectivity index is 0.00000144. The first-order valence-electron chi connectivity index (χ1n) is 6.60. The van der Waals surface area contributed by atoms with Crippen LogP contribution in [-0.2, 0) is 0 Å². The Labute approximate surface area is 110 Å². The van der Waals surface area contributed by atoms with Crippen molar-refractivity contribution in [3.8, 4) is 0 Å². The maximum atomic E-state index is 5.64. The molecule has 1 aliphatic carbocycles. The molecular formula is C13H24ClN3. The van der Waals surface area contributed by atoms with Crippen LogP contribution in [0.5, 0.6) is 0 Å². The lowest BCUT2D eigenvalue weighted by atomic mass is 9.78. The van der Waals surface area contributed by atoms with Gasteiger partial charge in [0, 0.05) is 17.7 Å². The largest absolute Gasteiger partial charge is 0.382 e. The highest BCUT2D eigenvalue weighted by molar-refractivity contribution is 5.85. The number of anilines is 1. The maximum absolute atomic E-state index is 5.64. The van der Waals surface area contributed by atoms with Gasteiger partial charge in [0.1, 0.15) is 5.82 Å². The second-order valence-electron chi connectivity index (χ2n) is 5.11. The van der Waals surface area contributed by atoms with E-state index in [1.807, 2.05) is 6.07 Å². The zero-order chi connectivity index (χ0) is 11.4. The van der Waals surface area contributed by atoms with Gasteiger partial charge in [-0.2, -0.15) is 5.10 Å². The van der Waals surface area contributed by atoms with E-state index in [9.17, 15) is 0 Å². The molecule has 0 radical (unpaired) electrons. The molecule has 0 saturated heterocycles. The number of nitrogens with two attached hydrogens (primary N) is 1. The number of hydrogen-bond acceptors (Lipinski definition) is 2. The van der Waals surface area contributed by atoms with Crippen molar-refractivity contribution < 1.29 is 0 Å². The van der Waals surface area contributed by atoms with Crippen LogP contribution in [0.1, 0.15) is 63.5 Å². The molecule has 1 fully saturated rings. The van der Waals surface area contributed by atoms with Crippen LogP contribution in [0.15, 0.2) is 6.07 Å². The van der Waals surface area contributed by atoms with E-state index in [1.54, 1.807) is 0 Å². The van der Waals surface area contributed by atoms with Crippen LogP contribution in [0.25, 0.3) is 0 Å². The fourth-order valence-electron chi connectivity index (χ4n) is 2.82. The van der Waals surface area contributed by atoms with Crippen LogP contribution < -0.4 is 5.73 Å². The molecule has 0 atom stereocenters. The third-order valence-electron chi connectivity index (χ3n) is 3.87. The van der Waals surface area contributed by atoms with E-state index in [-0.39, 0.29) is 12.4 Å². The number of hydrogen-bond donors (Lipinski definition) is 2. The summed E-state index contributed by atoms with van der Waals surface area (Å²) in [6.07, 6.45) is 9.51. The summed E-state index contributed by atoms with van der Waals surface area (Å²) in [6, 6.07) is 2.00. The van der Waals surface area contributed by atoms with Crippen LogP contribution >= 0.6 is 12.4 Å². The molecule has 3 nitrogen and oxygen atoms in total. The highest BCUT2D eigenvalue weighted by Gasteiger charge is 2.23. The van der Waals surface area contributed by atoms with Gasteiger partial charge >= 0.3 is 0 Å². The molecule has 4 heteroatoms. The normalized spacial score (nSPS) is 24.3. The molecular weight excluding hydrogens is 234 g/mol. The summed E-state index contributed by atoms with van der Waals surface area (Å²) in [4.78, 5) is 0. The van der Waals surface area contributed by atoms with Crippen molar-refractivity contribution in [1.29, 1.82) is 0 Å². The summed E-state index contributed by atoms with van der Waals surface area (Å²) in [7, 11) is 0. The average Bonchev–Trinajstić information content (AvgIpc) is 2.74. The maximum Gasteiger partial charge on any atom is 0.145 e. The molecule has 98 valence electrons. The Morgan fingerprint density at radius 1 is 1.35 bits per heavy atom. The van der Waals surface area contributed by atoms with Crippen molar-refractivity contribution in [3.63, 3.8) is 0 Å². The van der Waals surface area contributed by atoms with Crippen LogP contribution in [0, 0.1) is 5.92 Å². The second-order valence-corrected chi connectivity index (χ2v) is 5.11. The quantitative estimate of drug-likeness (QED) is 0.860. The van der Waals surface area contributed by atoms with Crippen LogP contribution in [0.4, 0.5) is 5.82 Å². The van der Waals surface area contributed by atoms with E-state index in [2.05, 4.69) is 17.1 Å². The Kier molecular flexibility index (Phi) is 5.83. The number of unbranched alkanes of at least 4 members (excludes halogenated alkanes) is 1. The Morgan fingerprint density at radius 3 is 2.59 bits per heavy atom. The summed E-state index contributed by atoms with van der Waals surface area (Å²) in [5, 5.41) is 7.07. The zero-order valence-corrected chi connectivity index (χ0v) is 11.4. The average molecular weight is 258 g/mol. The summed E-state index contributed by atoms with van der Waals surface area (Å²) in [5.74, 6) is 2.27. The lowest BCUT2D eigenvalue weighted by Gasteiger charge is -2.27. The molecule has 1 aromatic heterocycles. The first-order chi connectivity index (χ1) is 7.79. The van der Waals surface area contributed by atoms with Crippen molar-refractivity contribution in [1.82, 2.24) is 10.2 Å². The minimum absolute atomic E-state index is 0. The van der Waals surface area contributed by atoms with E-state index >= 15 is 0 Å². The first-order valence-corrected chi connectivity index (χ1v) is 6.60.